The predicted octanol–water partition coefficient (Wildman–Crippen LogP) is 4.41. The molecule has 18 heavy (non-hydrogen) atoms. The highest BCUT2D eigenvalue weighted by Gasteiger charge is 2.46. The monoisotopic (exact) mass is 248 g/mol. The summed E-state index contributed by atoms with van der Waals surface area (Å²) in [5, 5.41) is 0. The van der Waals surface area contributed by atoms with Crippen molar-refractivity contribution < 1.29 is 4.74 Å². The van der Waals surface area contributed by atoms with Crippen molar-refractivity contribution in [2.24, 2.45) is 29.6 Å². The molecule has 102 valence electrons. The van der Waals surface area contributed by atoms with Crippen molar-refractivity contribution in [3.63, 3.8) is 0 Å². The first-order valence-electron chi connectivity index (χ1n) is 8.45. The molecule has 1 heteroatoms. The molecule has 4 aliphatic rings. The zero-order valence-corrected chi connectivity index (χ0v) is 11.8. The molecule has 7 unspecified atom stereocenters. The Morgan fingerprint density at radius 3 is 2.00 bits per heavy atom. The van der Waals surface area contributed by atoms with Crippen LogP contribution < -0.4 is 0 Å². The van der Waals surface area contributed by atoms with E-state index in [0.29, 0.717) is 12.2 Å². The van der Waals surface area contributed by atoms with E-state index in [1.165, 1.54) is 44.9 Å². The molecule has 1 saturated heterocycles. The second-order valence-electron chi connectivity index (χ2n) is 7.80. The maximum absolute atomic E-state index is 5.72. The molecule has 0 aromatic rings. The van der Waals surface area contributed by atoms with Crippen LogP contribution in [0.25, 0.3) is 0 Å². The Hall–Kier alpha value is -0.0400. The maximum Gasteiger partial charge on any atom is 0.0844 e. The van der Waals surface area contributed by atoms with Gasteiger partial charge in [-0.25, -0.2) is 0 Å². The average Bonchev–Trinajstić information content (AvgIpc) is 3.16. The molecule has 1 heterocycles. The third kappa shape index (κ3) is 2.13. The van der Waals surface area contributed by atoms with E-state index >= 15 is 0 Å². The molecule has 7 atom stereocenters. The van der Waals surface area contributed by atoms with Crippen LogP contribution in [0.2, 0.25) is 0 Å². The summed E-state index contributed by atoms with van der Waals surface area (Å²) >= 11 is 0. The Labute approximate surface area is 112 Å². The van der Waals surface area contributed by atoms with E-state index in [-0.39, 0.29) is 0 Å². The van der Waals surface area contributed by atoms with E-state index in [4.69, 9.17) is 4.74 Å². The molecule has 1 nitrogen and oxygen atoms in total. The third-order valence-corrected chi connectivity index (χ3v) is 6.63. The lowest BCUT2D eigenvalue weighted by atomic mass is 9.61. The average molecular weight is 248 g/mol. The molecule has 3 saturated carbocycles. The van der Waals surface area contributed by atoms with Gasteiger partial charge in [-0.3, -0.25) is 0 Å². The molecule has 0 bridgehead atoms. The number of hydrogen-bond donors (Lipinski definition) is 0. The maximum atomic E-state index is 5.72. The van der Waals surface area contributed by atoms with Crippen LogP contribution in [0.5, 0.6) is 0 Å². The standard InChI is InChI=1S/C17H28O/c1-11-2-3-13-9-14(5-4-12(13)8-11)15-6-7-16-17(10-15)18-16/h11-17H,2-10H2,1H3. The van der Waals surface area contributed by atoms with Crippen LogP contribution in [0.15, 0.2) is 0 Å². The SMILES string of the molecule is CC1CCC2CC(C3CCC4OC4C3)CCC2C1. The van der Waals surface area contributed by atoms with Gasteiger partial charge in [0.2, 0.25) is 0 Å². The Balaban J connectivity index is 1.37. The van der Waals surface area contributed by atoms with E-state index in [0.717, 1.165) is 29.6 Å². The van der Waals surface area contributed by atoms with Crippen molar-refractivity contribution >= 4 is 0 Å². The van der Waals surface area contributed by atoms with Crippen LogP contribution in [-0.4, -0.2) is 12.2 Å². The van der Waals surface area contributed by atoms with Gasteiger partial charge in [0.1, 0.15) is 0 Å². The Bertz CT molecular complexity index is 313. The molecule has 0 aromatic heterocycles. The Morgan fingerprint density at radius 1 is 0.611 bits per heavy atom. The summed E-state index contributed by atoms with van der Waals surface area (Å²) in [5.74, 6) is 5.29. The molecule has 0 amide bonds. The normalized spacial score (nSPS) is 55.5. The summed E-state index contributed by atoms with van der Waals surface area (Å²) in [4.78, 5) is 0. The molecule has 3 aliphatic carbocycles. The van der Waals surface area contributed by atoms with Crippen molar-refractivity contribution in [2.75, 3.05) is 0 Å². The summed E-state index contributed by atoms with van der Waals surface area (Å²) in [6.45, 7) is 2.47. The van der Waals surface area contributed by atoms with E-state index in [9.17, 15) is 0 Å². The fraction of sp³-hybridized carbons (Fsp3) is 1.00. The van der Waals surface area contributed by atoms with Crippen LogP contribution >= 0.6 is 0 Å². The van der Waals surface area contributed by atoms with Gasteiger partial charge in [-0.15, -0.1) is 0 Å². The van der Waals surface area contributed by atoms with Gasteiger partial charge >= 0.3 is 0 Å². The van der Waals surface area contributed by atoms with Crippen LogP contribution in [0, 0.1) is 29.6 Å². The predicted molar refractivity (Wildman–Crippen MR) is 73.3 cm³/mol. The topological polar surface area (TPSA) is 12.5 Å². The van der Waals surface area contributed by atoms with Crippen molar-refractivity contribution in [2.45, 2.75) is 76.9 Å². The number of ether oxygens (including phenoxy) is 1. The number of epoxide rings is 1. The van der Waals surface area contributed by atoms with E-state index in [1.54, 1.807) is 12.8 Å². The van der Waals surface area contributed by atoms with Crippen molar-refractivity contribution in [3.05, 3.63) is 0 Å². The van der Waals surface area contributed by atoms with Crippen LogP contribution in [0.4, 0.5) is 0 Å². The van der Waals surface area contributed by atoms with E-state index in [1.807, 2.05) is 0 Å². The van der Waals surface area contributed by atoms with E-state index in [2.05, 4.69) is 6.92 Å². The van der Waals surface area contributed by atoms with Crippen molar-refractivity contribution in [3.8, 4) is 0 Å². The van der Waals surface area contributed by atoms with Gasteiger partial charge in [0.05, 0.1) is 12.2 Å². The summed E-state index contributed by atoms with van der Waals surface area (Å²) < 4.78 is 5.72. The van der Waals surface area contributed by atoms with Crippen LogP contribution in [-0.2, 0) is 4.74 Å². The van der Waals surface area contributed by atoms with Gasteiger partial charge < -0.3 is 4.74 Å². The van der Waals surface area contributed by atoms with E-state index < -0.39 is 0 Å². The highest BCUT2D eigenvalue weighted by atomic mass is 16.6. The van der Waals surface area contributed by atoms with Gasteiger partial charge in [0, 0.05) is 0 Å². The van der Waals surface area contributed by atoms with Gasteiger partial charge in [0.15, 0.2) is 0 Å². The van der Waals surface area contributed by atoms with Gasteiger partial charge in [0.25, 0.3) is 0 Å². The summed E-state index contributed by atoms with van der Waals surface area (Å²) in [5.41, 5.74) is 0. The van der Waals surface area contributed by atoms with Crippen molar-refractivity contribution in [1.29, 1.82) is 0 Å². The molecule has 4 rings (SSSR count). The number of rotatable bonds is 1. The van der Waals surface area contributed by atoms with Gasteiger partial charge in [-0.05, 0) is 81.0 Å². The summed E-state index contributed by atoms with van der Waals surface area (Å²) in [6, 6.07) is 0. The first kappa shape index (κ1) is 11.8. The highest BCUT2D eigenvalue weighted by molar-refractivity contribution is 4.95. The molecule has 0 aromatic carbocycles. The minimum absolute atomic E-state index is 0.688. The van der Waals surface area contributed by atoms with Gasteiger partial charge in [-0.1, -0.05) is 13.3 Å². The Morgan fingerprint density at radius 2 is 1.22 bits per heavy atom. The molecule has 0 spiro atoms. The fourth-order valence-corrected chi connectivity index (χ4v) is 5.45. The fourth-order valence-electron chi connectivity index (χ4n) is 5.45. The molecular formula is C17H28O. The lowest BCUT2D eigenvalue weighted by Crippen LogP contribution is -2.34. The zero-order valence-electron chi connectivity index (χ0n) is 11.8. The smallest absolute Gasteiger partial charge is 0.0844 e. The molecular weight excluding hydrogens is 220 g/mol. The van der Waals surface area contributed by atoms with Gasteiger partial charge in [-0.2, -0.15) is 0 Å². The van der Waals surface area contributed by atoms with Crippen LogP contribution in [0.3, 0.4) is 0 Å². The largest absolute Gasteiger partial charge is 0.370 e. The Kier molecular flexibility index (Phi) is 2.94. The zero-order chi connectivity index (χ0) is 12.1. The minimum atomic E-state index is 0.688. The summed E-state index contributed by atoms with van der Waals surface area (Å²) in [6.07, 6.45) is 14.9. The molecule has 1 aliphatic heterocycles. The minimum Gasteiger partial charge on any atom is -0.370 e. The second-order valence-corrected chi connectivity index (χ2v) is 7.80. The third-order valence-electron chi connectivity index (χ3n) is 6.63. The second kappa shape index (κ2) is 4.51. The molecule has 4 fully saturated rings. The first-order valence-corrected chi connectivity index (χ1v) is 8.45. The lowest BCUT2D eigenvalue weighted by molar-refractivity contribution is 0.0712. The number of hydrogen-bond acceptors (Lipinski definition) is 1. The molecule has 0 N–H and O–H groups in total. The summed E-state index contributed by atoms with van der Waals surface area (Å²) in [7, 11) is 0. The van der Waals surface area contributed by atoms with Crippen LogP contribution in [0.1, 0.15) is 64.7 Å². The molecule has 0 radical (unpaired) electrons. The number of fused-ring (bicyclic) bond motifs is 2. The highest BCUT2D eigenvalue weighted by Crippen LogP contribution is 2.50. The van der Waals surface area contributed by atoms with Crippen molar-refractivity contribution in [1.82, 2.24) is 0 Å². The first-order chi connectivity index (χ1) is 8.79. The lowest BCUT2D eigenvalue weighted by Gasteiger charge is -2.44. The quantitative estimate of drug-likeness (QED) is 0.626.